The maximum Gasteiger partial charge on any atom is 0.270 e. The normalized spacial score (nSPS) is 15.6. The third-order valence-electron chi connectivity index (χ3n) is 6.10. The lowest BCUT2D eigenvalue weighted by molar-refractivity contribution is -0.384. The van der Waals surface area contributed by atoms with E-state index in [1.807, 2.05) is 18.3 Å². The van der Waals surface area contributed by atoms with Gasteiger partial charge >= 0.3 is 0 Å². The van der Waals surface area contributed by atoms with E-state index >= 15 is 0 Å². The van der Waals surface area contributed by atoms with E-state index in [1.165, 1.54) is 23.8 Å². The third kappa shape index (κ3) is 4.32. The second-order valence-electron chi connectivity index (χ2n) is 8.83. The van der Waals surface area contributed by atoms with Gasteiger partial charge in [-0.05, 0) is 61.5 Å². The van der Waals surface area contributed by atoms with Gasteiger partial charge in [0, 0.05) is 41.4 Å². The average Bonchev–Trinajstić information content (AvgIpc) is 3.09. The van der Waals surface area contributed by atoms with Crippen molar-refractivity contribution in [2.24, 2.45) is 5.92 Å². The molecule has 0 atom stereocenters. The van der Waals surface area contributed by atoms with Gasteiger partial charge < -0.3 is 10.7 Å². The molecule has 0 radical (unpaired) electrons. The summed E-state index contributed by atoms with van der Waals surface area (Å²) in [5.74, 6) is 7.04. The SMILES string of the molecule is CC(C)CN1CCC(c2cn(N)c3ccc(C(=O)c4cccc([N+](=O)[O-])c4)cc23)CC1. The molecular weight excluding hydrogens is 392 g/mol. The highest BCUT2D eigenvalue weighted by Gasteiger charge is 2.24. The van der Waals surface area contributed by atoms with Crippen LogP contribution in [0.15, 0.2) is 48.7 Å². The minimum absolute atomic E-state index is 0.0890. The number of nitro groups is 1. The van der Waals surface area contributed by atoms with Gasteiger partial charge in [0.1, 0.15) is 0 Å². The Bertz CT molecular complexity index is 1130. The summed E-state index contributed by atoms with van der Waals surface area (Å²) in [6.45, 7) is 7.73. The minimum atomic E-state index is -0.488. The van der Waals surface area contributed by atoms with Gasteiger partial charge in [0.15, 0.2) is 5.78 Å². The standard InChI is InChI=1S/C24H28N4O3/c1-16(2)14-26-10-8-17(9-11-26)22-15-27(25)23-7-6-19(13-21(22)23)24(29)18-4-3-5-20(12-18)28(30)31/h3-7,12-13,15-17H,8-11,14,25H2,1-2H3. The molecule has 162 valence electrons. The number of nitro benzene ring substituents is 1. The molecule has 7 nitrogen and oxygen atoms in total. The van der Waals surface area contributed by atoms with E-state index in [0.29, 0.717) is 23.0 Å². The number of ketones is 1. The van der Waals surface area contributed by atoms with Crippen molar-refractivity contribution in [3.8, 4) is 0 Å². The Morgan fingerprint density at radius 1 is 1.16 bits per heavy atom. The number of piperidine rings is 1. The first-order valence-corrected chi connectivity index (χ1v) is 10.7. The second kappa shape index (κ2) is 8.51. The number of hydrogen-bond acceptors (Lipinski definition) is 5. The molecule has 0 amide bonds. The van der Waals surface area contributed by atoms with Gasteiger partial charge in [-0.3, -0.25) is 19.6 Å². The fraction of sp³-hybridized carbons (Fsp3) is 0.375. The lowest BCUT2D eigenvalue weighted by Gasteiger charge is -2.33. The van der Waals surface area contributed by atoms with Gasteiger partial charge in [-0.2, -0.15) is 0 Å². The third-order valence-corrected chi connectivity index (χ3v) is 6.10. The lowest BCUT2D eigenvalue weighted by Crippen LogP contribution is -2.35. The highest BCUT2D eigenvalue weighted by atomic mass is 16.6. The summed E-state index contributed by atoms with van der Waals surface area (Å²) in [6.07, 6.45) is 4.11. The molecule has 0 unspecified atom stereocenters. The Morgan fingerprint density at radius 3 is 2.55 bits per heavy atom. The van der Waals surface area contributed by atoms with E-state index in [4.69, 9.17) is 5.84 Å². The topological polar surface area (TPSA) is 94.4 Å². The molecule has 1 aliphatic rings. The maximum atomic E-state index is 13.0. The Kier molecular flexibility index (Phi) is 5.78. The Hall–Kier alpha value is -3.19. The Labute approximate surface area is 181 Å². The Balaban J connectivity index is 1.63. The Morgan fingerprint density at radius 2 is 1.87 bits per heavy atom. The number of nitrogens with two attached hydrogens (primary N) is 1. The van der Waals surface area contributed by atoms with Gasteiger partial charge in [-0.1, -0.05) is 26.0 Å². The molecule has 1 saturated heterocycles. The molecule has 3 aromatic rings. The quantitative estimate of drug-likeness (QED) is 0.277. The molecule has 2 heterocycles. The summed E-state index contributed by atoms with van der Waals surface area (Å²) >= 11 is 0. The molecule has 1 aromatic heterocycles. The number of aromatic nitrogens is 1. The zero-order valence-corrected chi connectivity index (χ0v) is 18.0. The predicted octanol–water partition coefficient (Wildman–Crippen LogP) is 4.33. The van der Waals surface area contributed by atoms with Crippen LogP contribution in [0.25, 0.3) is 10.9 Å². The number of hydrogen-bond donors (Lipinski definition) is 1. The fourth-order valence-electron chi connectivity index (χ4n) is 4.62. The average molecular weight is 421 g/mol. The molecule has 0 bridgehead atoms. The first kappa shape index (κ1) is 21.1. The molecule has 7 heteroatoms. The number of nitrogen functional groups attached to an aromatic ring is 1. The van der Waals surface area contributed by atoms with Gasteiger partial charge in [0.05, 0.1) is 10.4 Å². The van der Waals surface area contributed by atoms with Crippen LogP contribution in [0.5, 0.6) is 0 Å². The molecule has 4 rings (SSSR count). The van der Waals surface area contributed by atoms with Crippen molar-refractivity contribution in [1.82, 2.24) is 9.58 Å². The molecule has 2 N–H and O–H groups in total. The van der Waals surface area contributed by atoms with E-state index in [2.05, 4.69) is 18.7 Å². The van der Waals surface area contributed by atoms with Crippen molar-refractivity contribution in [1.29, 1.82) is 0 Å². The molecule has 1 aliphatic heterocycles. The van der Waals surface area contributed by atoms with Crippen molar-refractivity contribution < 1.29 is 9.72 Å². The number of non-ortho nitro benzene ring substituents is 1. The summed E-state index contributed by atoms with van der Waals surface area (Å²) in [5, 5.41) is 12.1. The van der Waals surface area contributed by atoms with E-state index in [9.17, 15) is 14.9 Å². The summed E-state index contributed by atoms with van der Waals surface area (Å²) in [6, 6.07) is 11.3. The van der Waals surface area contributed by atoms with Crippen LogP contribution in [0.4, 0.5) is 5.69 Å². The zero-order valence-electron chi connectivity index (χ0n) is 18.0. The number of nitrogens with zero attached hydrogens (tertiary/aromatic N) is 3. The van der Waals surface area contributed by atoms with Crippen LogP contribution in [-0.2, 0) is 0 Å². The summed E-state index contributed by atoms with van der Waals surface area (Å²) in [4.78, 5) is 26.1. The van der Waals surface area contributed by atoms with Crippen molar-refractivity contribution in [2.45, 2.75) is 32.6 Å². The molecule has 0 aliphatic carbocycles. The van der Waals surface area contributed by atoms with Gasteiger partial charge in [0.2, 0.25) is 0 Å². The van der Waals surface area contributed by atoms with Crippen LogP contribution in [0, 0.1) is 16.0 Å². The first-order valence-electron chi connectivity index (χ1n) is 10.7. The molecule has 0 saturated carbocycles. The lowest BCUT2D eigenvalue weighted by atomic mass is 9.88. The van der Waals surface area contributed by atoms with Crippen molar-refractivity contribution >= 4 is 22.4 Å². The van der Waals surface area contributed by atoms with Crippen molar-refractivity contribution in [3.63, 3.8) is 0 Å². The fourth-order valence-corrected chi connectivity index (χ4v) is 4.62. The van der Waals surface area contributed by atoms with Crippen LogP contribution in [0.3, 0.4) is 0 Å². The number of benzene rings is 2. The van der Waals surface area contributed by atoms with Crippen LogP contribution in [0.2, 0.25) is 0 Å². The molecule has 31 heavy (non-hydrogen) atoms. The zero-order chi connectivity index (χ0) is 22.1. The number of likely N-dealkylation sites (tertiary alicyclic amines) is 1. The number of fused-ring (bicyclic) bond motifs is 1. The van der Waals surface area contributed by atoms with Crippen LogP contribution < -0.4 is 5.84 Å². The largest absolute Gasteiger partial charge is 0.339 e. The number of rotatable bonds is 6. The van der Waals surface area contributed by atoms with Crippen LogP contribution in [-0.4, -0.2) is 39.9 Å². The van der Waals surface area contributed by atoms with E-state index < -0.39 is 4.92 Å². The molecule has 2 aromatic carbocycles. The minimum Gasteiger partial charge on any atom is -0.339 e. The van der Waals surface area contributed by atoms with Crippen molar-refractivity contribution in [3.05, 3.63) is 75.5 Å². The summed E-state index contributed by atoms with van der Waals surface area (Å²) < 4.78 is 1.63. The number of carbonyl (C=O) groups excluding carboxylic acids is 1. The summed E-state index contributed by atoms with van der Waals surface area (Å²) in [7, 11) is 0. The van der Waals surface area contributed by atoms with Gasteiger partial charge in [-0.15, -0.1) is 0 Å². The highest BCUT2D eigenvalue weighted by molar-refractivity contribution is 6.11. The second-order valence-corrected chi connectivity index (χ2v) is 8.83. The van der Waals surface area contributed by atoms with Gasteiger partial charge in [-0.25, -0.2) is 0 Å². The predicted molar refractivity (Wildman–Crippen MR) is 122 cm³/mol. The van der Waals surface area contributed by atoms with Crippen molar-refractivity contribution in [2.75, 3.05) is 25.5 Å². The number of carbonyl (C=O) groups is 1. The first-order chi connectivity index (χ1) is 14.8. The van der Waals surface area contributed by atoms with E-state index in [0.717, 1.165) is 43.4 Å². The molecular formula is C24H28N4O3. The summed E-state index contributed by atoms with van der Waals surface area (Å²) in [5.41, 5.74) is 2.79. The van der Waals surface area contributed by atoms with Crippen LogP contribution >= 0.6 is 0 Å². The monoisotopic (exact) mass is 420 g/mol. The van der Waals surface area contributed by atoms with E-state index in [-0.39, 0.29) is 11.5 Å². The smallest absolute Gasteiger partial charge is 0.270 e. The molecule has 1 fully saturated rings. The van der Waals surface area contributed by atoms with Crippen LogP contribution in [0.1, 0.15) is 54.1 Å². The molecule has 0 spiro atoms. The maximum absolute atomic E-state index is 13.0. The highest BCUT2D eigenvalue weighted by Crippen LogP contribution is 2.35. The van der Waals surface area contributed by atoms with Gasteiger partial charge in [0.25, 0.3) is 5.69 Å². The van der Waals surface area contributed by atoms with E-state index in [1.54, 1.807) is 16.8 Å².